The molecule has 1 aromatic heterocycles. The summed E-state index contributed by atoms with van der Waals surface area (Å²) in [6, 6.07) is 24.3. The molecule has 1 amide bonds. The lowest BCUT2D eigenvalue weighted by Crippen LogP contribution is -2.45. The molecule has 0 aliphatic carbocycles. The average Bonchev–Trinajstić information content (AvgIpc) is 3.15. The van der Waals surface area contributed by atoms with Crippen molar-refractivity contribution in [3.63, 3.8) is 0 Å². The summed E-state index contributed by atoms with van der Waals surface area (Å²) in [5, 5.41) is 14.3. The molecule has 0 atom stereocenters. The molecule has 1 aliphatic heterocycles. The quantitative estimate of drug-likeness (QED) is 0.400. The van der Waals surface area contributed by atoms with Gasteiger partial charge in [0.15, 0.2) is 0 Å². The highest BCUT2D eigenvalue weighted by Gasteiger charge is 2.25. The van der Waals surface area contributed by atoms with Gasteiger partial charge in [-0.15, -0.1) is 0 Å². The van der Waals surface area contributed by atoms with Gasteiger partial charge < -0.3 is 19.9 Å². The lowest BCUT2D eigenvalue weighted by molar-refractivity contribution is 0.0912. The van der Waals surface area contributed by atoms with E-state index in [0.717, 1.165) is 61.2 Å². The number of amides is 1. The Morgan fingerprint density at radius 1 is 0.971 bits per heavy atom. The van der Waals surface area contributed by atoms with E-state index in [2.05, 4.69) is 76.3 Å². The number of benzene rings is 3. The van der Waals surface area contributed by atoms with Crippen molar-refractivity contribution in [2.45, 2.75) is 39.2 Å². The van der Waals surface area contributed by atoms with Gasteiger partial charge in [0.05, 0.1) is 11.1 Å². The van der Waals surface area contributed by atoms with E-state index < -0.39 is 0 Å². The Balaban J connectivity index is 1.31. The smallest absolute Gasteiger partial charge is 0.253 e. The van der Waals surface area contributed by atoms with Crippen LogP contribution in [0.2, 0.25) is 0 Å². The number of carbonyl (C=O) groups is 1. The van der Waals surface area contributed by atoms with Crippen molar-refractivity contribution in [3.05, 3.63) is 95.2 Å². The van der Waals surface area contributed by atoms with Gasteiger partial charge >= 0.3 is 0 Å². The lowest BCUT2D eigenvalue weighted by atomic mass is 10.0. The molecule has 180 valence electrons. The molecule has 0 saturated carbocycles. The predicted molar refractivity (Wildman–Crippen MR) is 141 cm³/mol. The summed E-state index contributed by atoms with van der Waals surface area (Å²) in [5.74, 6) is 0.103. The maximum absolute atomic E-state index is 13.5. The van der Waals surface area contributed by atoms with Crippen LogP contribution in [0.4, 0.5) is 0 Å². The van der Waals surface area contributed by atoms with E-state index in [9.17, 15) is 9.90 Å². The van der Waals surface area contributed by atoms with Gasteiger partial charge in [-0.2, -0.15) is 0 Å². The molecule has 0 unspecified atom stereocenters. The number of aromatic hydroxyl groups is 1. The summed E-state index contributed by atoms with van der Waals surface area (Å²) in [6.07, 6.45) is 2.95. The predicted octanol–water partition coefficient (Wildman–Crippen LogP) is 5.39. The van der Waals surface area contributed by atoms with E-state index in [1.807, 2.05) is 13.0 Å². The zero-order chi connectivity index (χ0) is 24.4. The molecule has 2 heterocycles. The normalized spacial score (nSPS) is 14.9. The molecule has 1 saturated heterocycles. The number of nitrogens with one attached hydrogen (secondary N) is 1. The first-order valence-corrected chi connectivity index (χ1v) is 12.5. The Morgan fingerprint density at radius 3 is 2.40 bits per heavy atom. The van der Waals surface area contributed by atoms with Crippen molar-refractivity contribution in [1.82, 2.24) is 14.8 Å². The second-order valence-corrected chi connectivity index (χ2v) is 9.66. The maximum Gasteiger partial charge on any atom is 0.253 e. The van der Waals surface area contributed by atoms with E-state index >= 15 is 0 Å². The van der Waals surface area contributed by atoms with E-state index in [4.69, 9.17) is 0 Å². The number of piperidine rings is 1. The molecule has 5 rings (SSSR count). The minimum atomic E-state index is -0.0632. The van der Waals surface area contributed by atoms with Gasteiger partial charge in [0.1, 0.15) is 5.75 Å². The first-order valence-electron chi connectivity index (χ1n) is 12.5. The van der Waals surface area contributed by atoms with Crippen molar-refractivity contribution in [2.24, 2.45) is 0 Å². The molecule has 0 radical (unpaired) electrons. The standard InChI is InChI=1S/C30H33N3O2/c1-21-8-10-25(11-9-21)33-22(2)29(27-20-26(34)12-13-28(27)33)30(35)31-24-15-18-32(19-16-24)17-14-23-6-4-3-5-7-23/h3-13,20,24,34H,14-19H2,1-2H3,(H,31,35). The minimum absolute atomic E-state index is 0.0632. The third-order valence-electron chi connectivity index (χ3n) is 7.19. The Morgan fingerprint density at radius 2 is 1.69 bits per heavy atom. The number of phenols is 1. The molecule has 2 N–H and O–H groups in total. The fraction of sp³-hybridized carbons (Fsp3) is 0.300. The Bertz CT molecular complexity index is 1320. The van der Waals surface area contributed by atoms with Gasteiger partial charge in [0.25, 0.3) is 5.91 Å². The second-order valence-electron chi connectivity index (χ2n) is 9.66. The Kier molecular flexibility index (Phi) is 6.60. The van der Waals surface area contributed by atoms with Crippen LogP contribution in [0.5, 0.6) is 5.75 Å². The van der Waals surface area contributed by atoms with Gasteiger partial charge in [-0.3, -0.25) is 4.79 Å². The van der Waals surface area contributed by atoms with Gasteiger partial charge in [-0.1, -0.05) is 48.0 Å². The van der Waals surface area contributed by atoms with Gasteiger partial charge in [-0.05, 0) is 69.0 Å². The molecule has 1 aliphatic rings. The number of phenolic OH excluding ortho intramolecular Hbond substituents is 1. The summed E-state index contributed by atoms with van der Waals surface area (Å²) in [4.78, 5) is 16.0. The van der Waals surface area contributed by atoms with Gasteiger partial charge in [0, 0.05) is 42.4 Å². The van der Waals surface area contributed by atoms with Gasteiger partial charge in [-0.25, -0.2) is 0 Å². The first-order chi connectivity index (χ1) is 17.0. The zero-order valence-corrected chi connectivity index (χ0v) is 20.5. The number of aromatic nitrogens is 1. The fourth-order valence-electron chi connectivity index (χ4n) is 5.21. The summed E-state index contributed by atoms with van der Waals surface area (Å²) < 4.78 is 2.11. The number of hydrogen-bond donors (Lipinski definition) is 2. The monoisotopic (exact) mass is 467 g/mol. The molecule has 5 nitrogen and oxygen atoms in total. The number of rotatable bonds is 6. The number of hydrogen-bond acceptors (Lipinski definition) is 3. The molecule has 1 fully saturated rings. The Hall–Kier alpha value is -3.57. The second kappa shape index (κ2) is 9.96. The van der Waals surface area contributed by atoms with Crippen LogP contribution >= 0.6 is 0 Å². The van der Waals surface area contributed by atoms with Crippen LogP contribution in [-0.2, 0) is 6.42 Å². The van der Waals surface area contributed by atoms with Crippen molar-refractivity contribution < 1.29 is 9.90 Å². The summed E-state index contributed by atoms with van der Waals surface area (Å²) in [6.45, 7) is 7.07. The number of aryl methyl sites for hydroxylation is 1. The van der Waals surface area contributed by atoms with Crippen LogP contribution in [-0.4, -0.2) is 46.2 Å². The summed E-state index contributed by atoms with van der Waals surface area (Å²) in [5.41, 5.74) is 6.01. The number of fused-ring (bicyclic) bond motifs is 1. The van der Waals surface area contributed by atoms with Crippen LogP contribution < -0.4 is 5.32 Å². The molecule has 4 aromatic rings. The summed E-state index contributed by atoms with van der Waals surface area (Å²) >= 11 is 0. The van der Waals surface area contributed by atoms with E-state index in [-0.39, 0.29) is 17.7 Å². The van der Waals surface area contributed by atoms with Crippen LogP contribution in [0.15, 0.2) is 72.8 Å². The molecule has 3 aromatic carbocycles. The van der Waals surface area contributed by atoms with Crippen molar-refractivity contribution >= 4 is 16.8 Å². The van der Waals surface area contributed by atoms with Crippen molar-refractivity contribution in [3.8, 4) is 11.4 Å². The van der Waals surface area contributed by atoms with Crippen LogP contribution in [0, 0.1) is 13.8 Å². The average molecular weight is 468 g/mol. The molecule has 0 spiro atoms. The maximum atomic E-state index is 13.5. The first kappa shape index (κ1) is 23.2. The number of nitrogens with zero attached hydrogens (tertiary/aromatic N) is 2. The highest BCUT2D eigenvalue weighted by Crippen LogP contribution is 2.32. The van der Waals surface area contributed by atoms with Crippen LogP contribution in [0.1, 0.15) is 40.0 Å². The molecule has 0 bridgehead atoms. The molecule has 35 heavy (non-hydrogen) atoms. The van der Waals surface area contributed by atoms with E-state index in [1.54, 1.807) is 12.1 Å². The van der Waals surface area contributed by atoms with E-state index in [0.29, 0.717) is 5.56 Å². The zero-order valence-electron chi connectivity index (χ0n) is 20.5. The third-order valence-corrected chi connectivity index (χ3v) is 7.19. The van der Waals surface area contributed by atoms with Crippen molar-refractivity contribution in [1.29, 1.82) is 0 Å². The lowest BCUT2D eigenvalue weighted by Gasteiger charge is -2.32. The highest BCUT2D eigenvalue weighted by molar-refractivity contribution is 6.09. The fourth-order valence-corrected chi connectivity index (χ4v) is 5.21. The number of likely N-dealkylation sites (tertiary alicyclic amines) is 1. The number of carbonyl (C=O) groups excluding carboxylic acids is 1. The SMILES string of the molecule is Cc1ccc(-n2c(C)c(C(=O)NC3CCN(CCc4ccccc4)CC3)c3cc(O)ccc32)cc1. The molecular formula is C30H33N3O2. The summed E-state index contributed by atoms with van der Waals surface area (Å²) in [7, 11) is 0. The van der Waals surface area contributed by atoms with Crippen LogP contribution in [0.25, 0.3) is 16.6 Å². The third kappa shape index (κ3) is 4.96. The van der Waals surface area contributed by atoms with Crippen LogP contribution in [0.3, 0.4) is 0 Å². The van der Waals surface area contributed by atoms with Crippen molar-refractivity contribution in [2.75, 3.05) is 19.6 Å². The molecular weight excluding hydrogens is 434 g/mol. The van der Waals surface area contributed by atoms with Gasteiger partial charge in [0.2, 0.25) is 0 Å². The molecule has 5 heteroatoms. The Labute approximate surface area is 207 Å². The largest absolute Gasteiger partial charge is 0.508 e. The minimum Gasteiger partial charge on any atom is -0.508 e. The topological polar surface area (TPSA) is 57.5 Å². The highest BCUT2D eigenvalue weighted by atomic mass is 16.3. The van der Waals surface area contributed by atoms with E-state index in [1.165, 1.54) is 11.1 Å².